The molecule has 0 spiro atoms. The lowest BCUT2D eigenvalue weighted by molar-refractivity contribution is 0.183. The summed E-state index contributed by atoms with van der Waals surface area (Å²) < 4.78 is 0. The molecule has 1 unspecified atom stereocenters. The van der Waals surface area contributed by atoms with Crippen LogP contribution in [0, 0.1) is 29.1 Å². The van der Waals surface area contributed by atoms with Gasteiger partial charge < -0.3 is 0 Å². The van der Waals surface area contributed by atoms with E-state index in [1.807, 2.05) is 0 Å². The van der Waals surface area contributed by atoms with Gasteiger partial charge in [-0.25, -0.2) is 0 Å². The van der Waals surface area contributed by atoms with Crippen LogP contribution < -0.4 is 5.32 Å². The summed E-state index contributed by atoms with van der Waals surface area (Å²) in [4.78, 5) is 2.62. The molecule has 0 amide bonds. The van der Waals surface area contributed by atoms with Crippen molar-refractivity contribution in [3.05, 3.63) is 0 Å². The van der Waals surface area contributed by atoms with E-state index in [1.54, 1.807) is 0 Å². The van der Waals surface area contributed by atoms with Crippen molar-refractivity contribution in [3.63, 3.8) is 0 Å². The van der Waals surface area contributed by atoms with E-state index in [1.165, 1.54) is 51.6 Å². The topological polar surface area (TPSA) is 39.1 Å². The second kappa shape index (κ2) is 6.03. The summed E-state index contributed by atoms with van der Waals surface area (Å²) in [6.07, 6.45) is 9.23. The fraction of sp³-hybridized carbons (Fsp3) is 0.941. The van der Waals surface area contributed by atoms with Gasteiger partial charge in [0.15, 0.2) is 0 Å². The maximum absolute atomic E-state index is 9.82. The van der Waals surface area contributed by atoms with Crippen molar-refractivity contribution in [1.29, 1.82) is 5.26 Å². The average molecular weight is 275 g/mol. The van der Waals surface area contributed by atoms with Gasteiger partial charge in [-0.3, -0.25) is 10.2 Å². The molecule has 0 bridgehead atoms. The maximum Gasteiger partial charge on any atom is 0.122 e. The quantitative estimate of drug-likeness (QED) is 0.666. The Labute approximate surface area is 123 Å². The van der Waals surface area contributed by atoms with Crippen LogP contribution in [0.1, 0.15) is 51.9 Å². The number of nitrogens with one attached hydrogen (secondary N) is 1. The highest BCUT2D eigenvalue weighted by Gasteiger charge is 2.47. The zero-order valence-corrected chi connectivity index (χ0v) is 12.9. The molecule has 1 atom stereocenters. The molecule has 20 heavy (non-hydrogen) atoms. The van der Waals surface area contributed by atoms with Crippen LogP contribution in [-0.4, -0.2) is 36.6 Å². The lowest BCUT2D eigenvalue weighted by Gasteiger charge is -2.34. The van der Waals surface area contributed by atoms with Crippen LogP contribution in [0.3, 0.4) is 0 Å². The summed E-state index contributed by atoms with van der Waals surface area (Å²) in [7, 11) is 0. The van der Waals surface area contributed by atoms with Gasteiger partial charge in [0.1, 0.15) is 5.54 Å². The first-order valence-electron chi connectivity index (χ1n) is 8.64. The Morgan fingerprint density at radius 3 is 2.10 bits per heavy atom. The Morgan fingerprint density at radius 2 is 1.70 bits per heavy atom. The second-order valence-corrected chi connectivity index (χ2v) is 7.37. The molecule has 3 nitrogen and oxygen atoms in total. The van der Waals surface area contributed by atoms with Gasteiger partial charge in [0.25, 0.3) is 0 Å². The summed E-state index contributed by atoms with van der Waals surface area (Å²) in [6, 6.07) is 2.68. The number of rotatable bonds is 10. The average Bonchev–Trinajstić information content (AvgIpc) is 3.27. The number of nitriles is 1. The van der Waals surface area contributed by atoms with Crippen molar-refractivity contribution in [2.45, 2.75) is 57.4 Å². The molecule has 0 aromatic rings. The second-order valence-electron chi connectivity index (χ2n) is 7.37. The monoisotopic (exact) mass is 275 g/mol. The van der Waals surface area contributed by atoms with Crippen LogP contribution in [0.2, 0.25) is 0 Å². The van der Waals surface area contributed by atoms with Gasteiger partial charge in [0.05, 0.1) is 6.07 Å². The Hall–Kier alpha value is -0.590. The van der Waals surface area contributed by atoms with Crippen molar-refractivity contribution in [2.24, 2.45) is 17.8 Å². The minimum absolute atomic E-state index is 0.264. The summed E-state index contributed by atoms with van der Waals surface area (Å²) in [6.45, 7) is 6.60. The van der Waals surface area contributed by atoms with E-state index in [0.29, 0.717) is 5.92 Å². The molecule has 3 heteroatoms. The molecule has 0 saturated heterocycles. The lowest BCUT2D eigenvalue weighted by Crippen LogP contribution is -2.55. The molecule has 1 N–H and O–H groups in total. The van der Waals surface area contributed by atoms with Gasteiger partial charge in [0, 0.05) is 19.6 Å². The first kappa shape index (κ1) is 14.4. The number of nitrogens with zero attached hydrogens (tertiary/aromatic N) is 2. The molecular weight excluding hydrogens is 246 g/mol. The molecular formula is C17H29N3. The fourth-order valence-corrected chi connectivity index (χ4v) is 3.31. The third-order valence-electron chi connectivity index (χ3n) is 5.06. The highest BCUT2D eigenvalue weighted by atomic mass is 15.2. The third-order valence-corrected chi connectivity index (χ3v) is 5.06. The largest absolute Gasteiger partial charge is 0.300 e. The molecule has 0 radical (unpaired) electrons. The molecule has 0 aliphatic heterocycles. The summed E-state index contributed by atoms with van der Waals surface area (Å²) in [5.41, 5.74) is -0.264. The summed E-state index contributed by atoms with van der Waals surface area (Å²) in [5, 5.41) is 13.4. The van der Waals surface area contributed by atoms with Crippen molar-refractivity contribution >= 4 is 0 Å². The van der Waals surface area contributed by atoms with E-state index < -0.39 is 0 Å². The fourth-order valence-electron chi connectivity index (χ4n) is 3.31. The van der Waals surface area contributed by atoms with E-state index in [9.17, 15) is 5.26 Å². The van der Waals surface area contributed by atoms with Crippen LogP contribution in [-0.2, 0) is 0 Å². The zero-order chi connectivity index (χ0) is 14.0. The first-order chi connectivity index (χ1) is 9.75. The Balaban J connectivity index is 1.62. The van der Waals surface area contributed by atoms with E-state index in [4.69, 9.17) is 0 Å². The van der Waals surface area contributed by atoms with Crippen LogP contribution in [0.15, 0.2) is 0 Å². The van der Waals surface area contributed by atoms with Crippen LogP contribution >= 0.6 is 0 Å². The predicted octanol–water partition coefficient (Wildman–Crippen LogP) is 2.78. The molecule has 0 aromatic heterocycles. The first-order valence-corrected chi connectivity index (χ1v) is 8.64. The van der Waals surface area contributed by atoms with Crippen molar-refractivity contribution in [2.75, 3.05) is 26.2 Å². The number of hydrogen-bond acceptors (Lipinski definition) is 3. The molecule has 3 rings (SSSR count). The summed E-state index contributed by atoms with van der Waals surface area (Å²) in [5.74, 6) is 2.45. The smallest absolute Gasteiger partial charge is 0.122 e. The number of hydrogen-bond donors (Lipinski definition) is 1. The molecule has 3 fully saturated rings. The highest BCUT2D eigenvalue weighted by Crippen LogP contribution is 2.41. The molecule has 0 heterocycles. The molecule has 3 saturated carbocycles. The van der Waals surface area contributed by atoms with Gasteiger partial charge in [-0.1, -0.05) is 6.92 Å². The van der Waals surface area contributed by atoms with Crippen LogP contribution in [0.5, 0.6) is 0 Å². The molecule has 3 aliphatic carbocycles. The van der Waals surface area contributed by atoms with Gasteiger partial charge in [-0.15, -0.1) is 0 Å². The van der Waals surface area contributed by atoms with Crippen LogP contribution in [0.25, 0.3) is 0 Å². The van der Waals surface area contributed by atoms with E-state index in [-0.39, 0.29) is 5.54 Å². The Bertz CT molecular complexity index is 349. The zero-order valence-electron chi connectivity index (χ0n) is 12.9. The minimum Gasteiger partial charge on any atom is -0.300 e. The van der Waals surface area contributed by atoms with Crippen molar-refractivity contribution in [3.8, 4) is 6.07 Å². The Morgan fingerprint density at radius 1 is 1.10 bits per heavy atom. The molecule has 3 aliphatic rings. The standard InChI is InChI=1S/C17H29N3/c1-2-9-19-17(12-18,16-7-8-16)13-20(10-14-3-4-14)11-15-5-6-15/h14-16,19H,2-11,13H2,1H3. The normalized spacial score (nSPS) is 25.4. The van der Waals surface area contributed by atoms with Crippen molar-refractivity contribution < 1.29 is 0 Å². The molecule has 0 aromatic carbocycles. The highest BCUT2D eigenvalue weighted by molar-refractivity contribution is 5.17. The Kier molecular flexibility index (Phi) is 4.33. The van der Waals surface area contributed by atoms with Gasteiger partial charge in [0.2, 0.25) is 0 Å². The van der Waals surface area contributed by atoms with Crippen LogP contribution in [0.4, 0.5) is 0 Å². The minimum atomic E-state index is -0.264. The maximum atomic E-state index is 9.82. The predicted molar refractivity (Wildman–Crippen MR) is 81.2 cm³/mol. The van der Waals surface area contributed by atoms with E-state index in [2.05, 4.69) is 23.2 Å². The van der Waals surface area contributed by atoms with Crippen molar-refractivity contribution in [1.82, 2.24) is 10.2 Å². The van der Waals surface area contributed by atoms with E-state index in [0.717, 1.165) is 31.3 Å². The lowest BCUT2D eigenvalue weighted by atomic mass is 9.93. The van der Waals surface area contributed by atoms with Gasteiger partial charge in [-0.2, -0.15) is 5.26 Å². The summed E-state index contributed by atoms with van der Waals surface area (Å²) >= 11 is 0. The van der Waals surface area contributed by atoms with Gasteiger partial charge in [-0.05, 0) is 69.2 Å². The molecule has 112 valence electrons. The SMILES string of the molecule is CCCNC(C#N)(CN(CC1CC1)CC1CC1)C1CC1. The van der Waals surface area contributed by atoms with Gasteiger partial charge >= 0.3 is 0 Å². The third kappa shape index (κ3) is 3.74. The van der Waals surface area contributed by atoms with E-state index >= 15 is 0 Å².